The number of halogens is 1. The van der Waals surface area contributed by atoms with Crippen LogP contribution in [0.1, 0.15) is 13.3 Å². The van der Waals surface area contributed by atoms with E-state index in [0.29, 0.717) is 6.33 Å². The van der Waals surface area contributed by atoms with Gasteiger partial charge in [-0.3, -0.25) is 0 Å². The van der Waals surface area contributed by atoms with Gasteiger partial charge in [-0.25, -0.2) is 4.39 Å². The van der Waals surface area contributed by atoms with Gasteiger partial charge < -0.3 is 10.0 Å². The molecule has 3 heteroatoms. The van der Waals surface area contributed by atoms with Crippen LogP contribution in [0.3, 0.4) is 0 Å². The highest BCUT2D eigenvalue weighted by molar-refractivity contribution is 5.15. The van der Waals surface area contributed by atoms with Gasteiger partial charge in [0.25, 0.3) is 0 Å². The Labute approximate surface area is 72.7 Å². The number of hydrogen-bond donors (Lipinski definition) is 1. The first-order valence-corrected chi connectivity index (χ1v) is 4.21. The van der Waals surface area contributed by atoms with Crippen LogP contribution >= 0.6 is 0 Å². The van der Waals surface area contributed by atoms with Gasteiger partial charge in [0.15, 0.2) is 0 Å². The third-order valence-corrected chi connectivity index (χ3v) is 2.64. The van der Waals surface area contributed by atoms with E-state index in [1.165, 1.54) is 0 Å². The quantitative estimate of drug-likeness (QED) is 0.643. The second kappa shape index (κ2) is 3.54. The van der Waals surface area contributed by atoms with Gasteiger partial charge in [-0.05, 0) is 19.0 Å². The first kappa shape index (κ1) is 9.68. The zero-order valence-corrected chi connectivity index (χ0v) is 7.68. The number of hydrogen-bond acceptors (Lipinski definition) is 2. The standard InChI is InChI=1S/C9H16FNO/c1-9(7-12)6-11(2)4-3-8(9)5-10/h5,12H,3-4,6-7H2,1-2H3/b8-5+. The Hall–Kier alpha value is -0.410. The molecule has 12 heavy (non-hydrogen) atoms. The molecule has 1 aliphatic rings. The second-order valence-electron chi connectivity index (χ2n) is 3.84. The zero-order chi connectivity index (χ0) is 9.19. The normalized spacial score (nSPS) is 35.8. The molecule has 1 atom stereocenters. The fourth-order valence-electron chi connectivity index (χ4n) is 1.73. The lowest BCUT2D eigenvalue weighted by atomic mass is 9.79. The Morgan fingerprint density at radius 2 is 2.42 bits per heavy atom. The summed E-state index contributed by atoms with van der Waals surface area (Å²) >= 11 is 0. The molecule has 0 amide bonds. The molecule has 1 saturated heterocycles. The summed E-state index contributed by atoms with van der Waals surface area (Å²) in [5.41, 5.74) is 0.366. The molecule has 0 spiro atoms. The van der Waals surface area contributed by atoms with E-state index in [1.54, 1.807) is 0 Å². The predicted molar refractivity (Wildman–Crippen MR) is 46.5 cm³/mol. The average Bonchev–Trinajstić information content (AvgIpc) is 2.05. The molecule has 70 valence electrons. The summed E-state index contributed by atoms with van der Waals surface area (Å²) < 4.78 is 12.4. The molecular formula is C9H16FNO. The van der Waals surface area contributed by atoms with Crippen LogP contribution in [0.5, 0.6) is 0 Å². The molecule has 1 heterocycles. The van der Waals surface area contributed by atoms with Crippen molar-refractivity contribution < 1.29 is 9.50 Å². The maximum absolute atomic E-state index is 12.4. The van der Waals surface area contributed by atoms with Crippen molar-refractivity contribution in [1.82, 2.24) is 4.90 Å². The highest BCUT2D eigenvalue weighted by Gasteiger charge is 2.33. The molecule has 1 aliphatic heterocycles. The van der Waals surface area contributed by atoms with Gasteiger partial charge in [0.2, 0.25) is 0 Å². The van der Waals surface area contributed by atoms with Gasteiger partial charge in [0, 0.05) is 18.5 Å². The molecule has 0 bridgehead atoms. The Morgan fingerprint density at radius 1 is 1.75 bits per heavy atom. The van der Waals surface area contributed by atoms with Gasteiger partial charge in [0.1, 0.15) is 0 Å². The summed E-state index contributed by atoms with van der Waals surface area (Å²) in [4.78, 5) is 2.11. The van der Waals surface area contributed by atoms with Crippen LogP contribution in [0.25, 0.3) is 0 Å². The lowest BCUT2D eigenvalue weighted by Gasteiger charge is -2.39. The maximum atomic E-state index is 12.4. The first-order valence-electron chi connectivity index (χ1n) is 4.21. The highest BCUT2D eigenvalue weighted by Crippen LogP contribution is 2.33. The third-order valence-electron chi connectivity index (χ3n) is 2.64. The van der Waals surface area contributed by atoms with E-state index in [9.17, 15) is 4.39 Å². The van der Waals surface area contributed by atoms with Crippen molar-refractivity contribution in [3.8, 4) is 0 Å². The Morgan fingerprint density at radius 3 is 2.92 bits per heavy atom. The van der Waals surface area contributed by atoms with Gasteiger partial charge in [-0.15, -0.1) is 0 Å². The maximum Gasteiger partial charge on any atom is 0.0866 e. The first-order chi connectivity index (χ1) is 5.62. The van der Waals surface area contributed by atoms with Crippen molar-refractivity contribution in [3.05, 3.63) is 11.9 Å². The van der Waals surface area contributed by atoms with E-state index in [4.69, 9.17) is 5.11 Å². The van der Waals surface area contributed by atoms with E-state index in [-0.39, 0.29) is 12.0 Å². The van der Waals surface area contributed by atoms with Gasteiger partial charge in [0.05, 0.1) is 12.9 Å². The van der Waals surface area contributed by atoms with Gasteiger partial charge >= 0.3 is 0 Å². The van der Waals surface area contributed by atoms with Crippen molar-refractivity contribution in [1.29, 1.82) is 0 Å². The lowest BCUT2D eigenvalue weighted by molar-refractivity contribution is 0.102. The summed E-state index contributed by atoms with van der Waals surface area (Å²) in [6, 6.07) is 0. The molecule has 0 saturated carbocycles. The van der Waals surface area contributed by atoms with E-state index in [0.717, 1.165) is 25.1 Å². The Balaban J connectivity index is 2.78. The van der Waals surface area contributed by atoms with Crippen LogP contribution < -0.4 is 0 Å². The second-order valence-corrected chi connectivity index (χ2v) is 3.84. The average molecular weight is 173 g/mol. The number of piperidine rings is 1. The van der Waals surface area contributed by atoms with Crippen molar-refractivity contribution in [2.45, 2.75) is 13.3 Å². The summed E-state index contributed by atoms with van der Waals surface area (Å²) in [6.07, 6.45) is 1.38. The third kappa shape index (κ3) is 1.67. The molecule has 0 aromatic carbocycles. The molecular weight excluding hydrogens is 157 g/mol. The van der Waals surface area contributed by atoms with Crippen molar-refractivity contribution in [2.75, 3.05) is 26.7 Å². The molecule has 1 N–H and O–H groups in total. The largest absolute Gasteiger partial charge is 0.395 e. The number of likely N-dealkylation sites (tertiary alicyclic amines) is 1. The molecule has 1 unspecified atom stereocenters. The van der Waals surface area contributed by atoms with E-state index in [1.807, 2.05) is 14.0 Å². The summed E-state index contributed by atoms with van der Waals surface area (Å²) in [5.74, 6) is 0. The fraction of sp³-hybridized carbons (Fsp3) is 0.778. The van der Waals surface area contributed by atoms with Crippen molar-refractivity contribution in [2.24, 2.45) is 5.41 Å². The zero-order valence-electron chi connectivity index (χ0n) is 7.68. The van der Waals surface area contributed by atoms with Crippen LogP contribution in [-0.4, -0.2) is 36.8 Å². The molecule has 0 radical (unpaired) electrons. The summed E-state index contributed by atoms with van der Waals surface area (Å²) in [6.45, 7) is 3.53. The van der Waals surface area contributed by atoms with Crippen molar-refractivity contribution >= 4 is 0 Å². The van der Waals surface area contributed by atoms with Crippen LogP contribution in [0.2, 0.25) is 0 Å². The number of aliphatic hydroxyl groups excluding tert-OH is 1. The molecule has 2 nitrogen and oxygen atoms in total. The van der Waals surface area contributed by atoms with Crippen LogP contribution in [0, 0.1) is 5.41 Å². The van der Waals surface area contributed by atoms with E-state index >= 15 is 0 Å². The Bertz CT molecular complexity index is 193. The number of aliphatic hydroxyl groups is 1. The lowest BCUT2D eigenvalue weighted by Crippen LogP contribution is -2.43. The molecule has 0 aliphatic carbocycles. The van der Waals surface area contributed by atoms with E-state index in [2.05, 4.69) is 4.90 Å². The van der Waals surface area contributed by atoms with Crippen molar-refractivity contribution in [3.63, 3.8) is 0 Å². The SMILES string of the molecule is CN1CC/C(=C\F)C(C)(CO)C1. The molecule has 1 fully saturated rings. The summed E-state index contributed by atoms with van der Waals surface area (Å²) in [7, 11) is 1.99. The molecule has 0 aromatic rings. The van der Waals surface area contributed by atoms with E-state index < -0.39 is 0 Å². The van der Waals surface area contributed by atoms with Gasteiger partial charge in [-0.2, -0.15) is 0 Å². The minimum Gasteiger partial charge on any atom is -0.395 e. The fourth-order valence-corrected chi connectivity index (χ4v) is 1.73. The predicted octanol–water partition coefficient (Wildman–Crippen LogP) is 1.17. The Kier molecular flexibility index (Phi) is 2.85. The van der Waals surface area contributed by atoms with Crippen LogP contribution in [-0.2, 0) is 0 Å². The monoisotopic (exact) mass is 173 g/mol. The van der Waals surface area contributed by atoms with Gasteiger partial charge in [-0.1, -0.05) is 6.92 Å². The minimum atomic E-state index is -0.373. The molecule has 0 aromatic heterocycles. The minimum absolute atomic E-state index is 0.0209. The number of nitrogens with zero attached hydrogens (tertiary/aromatic N) is 1. The highest BCUT2D eigenvalue weighted by atomic mass is 19.1. The summed E-state index contributed by atoms with van der Waals surface area (Å²) in [5, 5.41) is 9.14. The smallest absolute Gasteiger partial charge is 0.0866 e. The topological polar surface area (TPSA) is 23.5 Å². The number of rotatable bonds is 1. The molecule has 1 rings (SSSR count). The van der Waals surface area contributed by atoms with Crippen LogP contribution in [0.4, 0.5) is 4.39 Å². The van der Waals surface area contributed by atoms with Crippen LogP contribution in [0.15, 0.2) is 11.9 Å².